The van der Waals surface area contributed by atoms with Crippen molar-refractivity contribution in [2.45, 2.75) is 26.3 Å². The molecule has 0 aromatic heterocycles. The van der Waals surface area contributed by atoms with E-state index in [-0.39, 0.29) is 11.8 Å². The smallest absolute Gasteiger partial charge is 0.249 e. The molecule has 0 radical (unpaired) electrons. The number of amides is 2. The van der Waals surface area contributed by atoms with E-state index < -0.39 is 6.04 Å². The second kappa shape index (κ2) is 5.73. The summed E-state index contributed by atoms with van der Waals surface area (Å²) in [6.07, 6.45) is 0.302. The molecule has 1 aromatic rings. The van der Waals surface area contributed by atoms with Crippen LogP contribution in [0, 0.1) is 0 Å². The van der Waals surface area contributed by atoms with Gasteiger partial charge in [0.15, 0.2) is 0 Å². The molecular weight excluding hydrogens is 244 g/mol. The first-order chi connectivity index (χ1) is 9.13. The van der Waals surface area contributed by atoms with E-state index in [1.54, 1.807) is 11.8 Å². The zero-order valence-corrected chi connectivity index (χ0v) is 11.2. The molecule has 1 fully saturated rings. The van der Waals surface area contributed by atoms with Gasteiger partial charge in [-0.15, -0.1) is 0 Å². The number of nitrogens with one attached hydrogen (secondary N) is 1. The molecule has 1 aliphatic rings. The fourth-order valence-corrected chi connectivity index (χ4v) is 2.13. The number of ether oxygens (including phenoxy) is 1. The van der Waals surface area contributed by atoms with Crippen LogP contribution in [0.4, 0.5) is 5.69 Å². The second-order valence-corrected chi connectivity index (χ2v) is 4.43. The highest BCUT2D eigenvalue weighted by atomic mass is 16.5. The minimum absolute atomic E-state index is 0.0998. The average Bonchev–Trinajstić information content (AvgIpc) is 2.51. The zero-order chi connectivity index (χ0) is 13.8. The molecule has 0 spiro atoms. The van der Waals surface area contributed by atoms with Gasteiger partial charge in [-0.25, -0.2) is 0 Å². The molecule has 0 bridgehead atoms. The summed E-state index contributed by atoms with van der Waals surface area (Å²) < 4.78 is 5.54. The topological polar surface area (TPSA) is 58.6 Å². The van der Waals surface area contributed by atoms with E-state index in [2.05, 4.69) is 5.32 Å². The number of carbonyl (C=O) groups is 2. The Morgan fingerprint density at radius 3 is 2.84 bits per heavy atom. The highest BCUT2D eigenvalue weighted by Gasteiger charge is 2.28. The van der Waals surface area contributed by atoms with Crippen LogP contribution >= 0.6 is 0 Å². The van der Waals surface area contributed by atoms with Crippen molar-refractivity contribution in [3.05, 3.63) is 24.3 Å². The lowest BCUT2D eigenvalue weighted by Crippen LogP contribution is -2.42. The SMILES string of the molecule is CCOc1ccccc1N1CCC(=O)NC(C)C1=O. The zero-order valence-electron chi connectivity index (χ0n) is 11.2. The summed E-state index contributed by atoms with van der Waals surface area (Å²) in [5, 5.41) is 2.67. The third-order valence-electron chi connectivity index (χ3n) is 3.03. The average molecular weight is 262 g/mol. The largest absolute Gasteiger partial charge is 0.492 e. The van der Waals surface area contributed by atoms with Crippen molar-refractivity contribution in [1.82, 2.24) is 5.32 Å². The van der Waals surface area contributed by atoms with Gasteiger partial charge < -0.3 is 15.0 Å². The molecule has 102 valence electrons. The monoisotopic (exact) mass is 262 g/mol. The molecule has 1 unspecified atom stereocenters. The molecule has 1 atom stereocenters. The van der Waals surface area contributed by atoms with Crippen molar-refractivity contribution in [3.63, 3.8) is 0 Å². The lowest BCUT2D eigenvalue weighted by atomic mass is 10.2. The van der Waals surface area contributed by atoms with Crippen LogP contribution in [-0.2, 0) is 9.59 Å². The quantitative estimate of drug-likeness (QED) is 0.894. The Kier molecular flexibility index (Phi) is 4.04. The number of hydrogen-bond donors (Lipinski definition) is 1. The Hall–Kier alpha value is -2.04. The third kappa shape index (κ3) is 2.86. The maximum atomic E-state index is 12.3. The molecule has 2 rings (SSSR count). The van der Waals surface area contributed by atoms with Gasteiger partial charge in [0.2, 0.25) is 11.8 Å². The first-order valence-electron chi connectivity index (χ1n) is 6.46. The van der Waals surface area contributed by atoms with Crippen molar-refractivity contribution >= 4 is 17.5 Å². The number of nitrogens with zero attached hydrogens (tertiary/aromatic N) is 1. The van der Waals surface area contributed by atoms with Crippen molar-refractivity contribution < 1.29 is 14.3 Å². The molecule has 1 heterocycles. The van der Waals surface area contributed by atoms with E-state index in [9.17, 15) is 9.59 Å². The second-order valence-electron chi connectivity index (χ2n) is 4.43. The van der Waals surface area contributed by atoms with Gasteiger partial charge in [-0.1, -0.05) is 12.1 Å². The Labute approximate surface area is 112 Å². The summed E-state index contributed by atoms with van der Waals surface area (Å²) in [4.78, 5) is 25.4. The number of rotatable bonds is 3. The predicted molar refractivity (Wildman–Crippen MR) is 72.2 cm³/mol. The van der Waals surface area contributed by atoms with Gasteiger partial charge in [0.25, 0.3) is 0 Å². The number of anilines is 1. The van der Waals surface area contributed by atoms with Gasteiger partial charge in [0.05, 0.1) is 12.3 Å². The minimum Gasteiger partial charge on any atom is -0.492 e. The molecule has 0 aliphatic carbocycles. The van der Waals surface area contributed by atoms with E-state index in [1.165, 1.54) is 0 Å². The van der Waals surface area contributed by atoms with Crippen molar-refractivity contribution in [2.75, 3.05) is 18.1 Å². The Balaban J connectivity index is 2.33. The van der Waals surface area contributed by atoms with E-state index in [0.29, 0.717) is 25.3 Å². The van der Waals surface area contributed by atoms with Crippen LogP contribution < -0.4 is 15.0 Å². The van der Waals surface area contributed by atoms with Gasteiger partial charge in [-0.3, -0.25) is 9.59 Å². The number of benzene rings is 1. The van der Waals surface area contributed by atoms with Gasteiger partial charge in [0, 0.05) is 13.0 Å². The van der Waals surface area contributed by atoms with Gasteiger partial charge in [-0.2, -0.15) is 0 Å². The molecule has 1 N–H and O–H groups in total. The summed E-state index contributed by atoms with van der Waals surface area (Å²) in [7, 11) is 0. The van der Waals surface area contributed by atoms with E-state index in [0.717, 1.165) is 5.69 Å². The summed E-state index contributed by atoms with van der Waals surface area (Å²) in [5.41, 5.74) is 0.720. The number of para-hydroxylation sites is 2. The van der Waals surface area contributed by atoms with Crippen LogP contribution in [0.5, 0.6) is 5.75 Å². The minimum atomic E-state index is -0.510. The summed E-state index contributed by atoms with van der Waals surface area (Å²) >= 11 is 0. The maximum absolute atomic E-state index is 12.3. The lowest BCUT2D eigenvalue weighted by Gasteiger charge is -2.24. The van der Waals surface area contributed by atoms with Gasteiger partial charge in [-0.05, 0) is 26.0 Å². The maximum Gasteiger partial charge on any atom is 0.249 e. The van der Waals surface area contributed by atoms with Gasteiger partial charge >= 0.3 is 0 Å². The van der Waals surface area contributed by atoms with E-state index in [4.69, 9.17) is 4.74 Å². The molecule has 5 nitrogen and oxygen atoms in total. The molecule has 1 saturated heterocycles. The molecule has 2 amide bonds. The van der Waals surface area contributed by atoms with Crippen LogP contribution in [-0.4, -0.2) is 31.0 Å². The summed E-state index contributed by atoms with van der Waals surface area (Å²) in [6, 6.07) is 6.88. The van der Waals surface area contributed by atoms with Crippen molar-refractivity contribution in [2.24, 2.45) is 0 Å². The predicted octanol–water partition coefficient (Wildman–Crippen LogP) is 1.33. The van der Waals surface area contributed by atoms with Crippen LogP contribution in [0.2, 0.25) is 0 Å². The Morgan fingerprint density at radius 2 is 2.11 bits per heavy atom. The van der Waals surface area contributed by atoms with E-state index >= 15 is 0 Å². The van der Waals surface area contributed by atoms with Crippen LogP contribution in [0.25, 0.3) is 0 Å². The first-order valence-corrected chi connectivity index (χ1v) is 6.46. The highest BCUT2D eigenvalue weighted by Crippen LogP contribution is 2.29. The third-order valence-corrected chi connectivity index (χ3v) is 3.03. The Bertz CT molecular complexity index is 487. The molecule has 19 heavy (non-hydrogen) atoms. The molecule has 1 aliphatic heterocycles. The van der Waals surface area contributed by atoms with Crippen LogP contribution in [0.15, 0.2) is 24.3 Å². The Morgan fingerprint density at radius 1 is 1.37 bits per heavy atom. The summed E-state index contributed by atoms with van der Waals surface area (Å²) in [5.74, 6) is 0.454. The van der Waals surface area contributed by atoms with Crippen molar-refractivity contribution in [3.8, 4) is 5.75 Å². The lowest BCUT2D eigenvalue weighted by molar-refractivity contribution is -0.125. The number of carbonyl (C=O) groups excluding carboxylic acids is 2. The van der Waals surface area contributed by atoms with Gasteiger partial charge in [0.1, 0.15) is 11.8 Å². The molecular formula is C14H18N2O3. The normalized spacial score (nSPS) is 19.9. The van der Waals surface area contributed by atoms with E-state index in [1.807, 2.05) is 31.2 Å². The fraction of sp³-hybridized carbons (Fsp3) is 0.429. The summed E-state index contributed by atoms with van der Waals surface area (Å²) in [6.45, 7) is 4.50. The number of hydrogen-bond acceptors (Lipinski definition) is 3. The fourth-order valence-electron chi connectivity index (χ4n) is 2.13. The molecule has 5 heteroatoms. The van der Waals surface area contributed by atoms with Crippen molar-refractivity contribution in [1.29, 1.82) is 0 Å². The molecule has 0 saturated carbocycles. The molecule has 1 aromatic carbocycles. The highest BCUT2D eigenvalue weighted by molar-refractivity contribution is 6.01. The van der Waals surface area contributed by atoms with Crippen LogP contribution in [0.1, 0.15) is 20.3 Å². The standard InChI is InChI=1S/C14H18N2O3/c1-3-19-12-7-5-4-6-11(12)16-9-8-13(17)15-10(2)14(16)18/h4-7,10H,3,8-9H2,1-2H3,(H,15,17). The van der Waals surface area contributed by atoms with Crippen LogP contribution in [0.3, 0.4) is 0 Å². The first kappa shape index (κ1) is 13.4.